The highest BCUT2D eigenvalue weighted by atomic mass is 35.5. The SMILES string of the molecule is C[C@H]1[C@H](C)CCC[C@H]1NC(=O)CSc1nnc(-c2ccc(C(C)(C)C)cc2)n1-c1ccc(Cl)cc1. The third kappa shape index (κ3) is 6.10. The Morgan fingerprint density at radius 2 is 1.74 bits per heavy atom. The van der Waals surface area contributed by atoms with Crippen molar-refractivity contribution in [2.24, 2.45) is 11.8 Å². The van der Waals surface area contributed by atoms with Crippen LogP contribution in [0.3, 0.4) is 0 Å². The van der Waals surface area contributed by atoms with Crippen molar-refractivity contribution in [3.05, 3.63) is 59.1 Å². The van der Waals surface area contributed by atoms with Crippen LogP contribution in [0, 0.1) is 11.8 Å². The number of hydrogen-bond acceptors (Lipinski definition) is 4. The molecule has 0 aliphatic heterocycles. The van der Waals surface area contributed by atoms with Gasteiger partial charge in [0, 0.05) is 22.3 Å². The number of carbonyl (C=O) groups excluding carboxylic acids is 1. The Hall–Kier alpha value is -2.31. The highest BCUT2D eigenvalue weighted by Gasteiger charge is 2.28. The molecule has 1 heterocycles. The van der Waals surface area contributed by atoms with Crippen LogP contribution in [0.25, 0.3) is 17.1 Å². The van der Waals surface area contributed by atoms with Gasteiger partial charge >= 0.3 is 0 Å². The fraction of sp³-hybridized carbons (Fsp3) is 0.464. The molecule has 4 rings (SSSR count). The first kappa shape index (κ1) is 25.8. The molecule has 3 aromatic rings. The standard InChI is InChI=1S/C28H35ClN4OS/c1-18-7-6-8-24(19(18)2)30-25(34)17-35-27-32-31-26(33(27)23-15-13-22(29)14-16-23)20-9-11-21(12-10-20)28(3,4)5/h9-16,18-19,24H,6-8,17H2,1-5H3,(H,30,34)/t18-,19+,24-/m1/s1. The quantitative estimate of drug-likeness (QED) is 0.366. The number of thioether (sulfide) groups is 1. The van der Waals surface area contributed by atoms with Gasteiger partial charge in [0.2, 0.25) is 5.91 Å². The highest BCUT2D eigenvalue weighted by Crippen LogP contribution is 2.32. The molecule has 1 N–H and O–H groups in total. The average Bonchev–Trinajstić information content (AvgIpc) is 3.25. The first-order valence-corrected chi connectivity index (χ1v) is 13.7. The maximum atomic E-state index is 12.8. The molecule has 35 heavy (non-hydrogen) atoms. The number of halogens is 1. The van der Waals surface area contributed by atoms with E-state index in [2.05, 4.69) is 74.4 Å². The van der Waals surface area contributed by atoms with E-state index in [9.17, 15) is 4.79 Å². The molecule has 3 atom stereocenters. The molecule has 186 valence electrons. The van der Waals surface area contributed by atoms with E-state index in [0.29, 0.717) is 27.8 Å². The topological polar surface area (TPSA) is 59.8 Å². The molecule has 2 aromatic carbocycles. The summed E-state index contributed by atoms with van der Waals surface area (Å²) < 4.78 is 2.01. The third-order valence-electron chi connectivity index (χ3n) is 7.11. The minimum absolute atomic E-state index is 0.0442. The fourth-order valence-corrected chi connectivity index (χ4v) is 5.55. The molecular weight excluding hydrogens is 476 g/mol. The Bertz CT molecular complexity index is 1150. The van der Waals surface area contributed by atoms with Crippen LogP contribution >= 0.6 is 23.4 Å². The monoisotopic (exact) mass is 510 g/mol. The van der Waals surface area contributed by atoms with Crippen LogP contribution in [0.15, 0.2) is 53.7 Å². The molecule has 1 aliphatic rings. The second-order valence-corrected chi connectivity index (χ2v) is 12.1. The minimum Gasteiger partial charge on any atom is -0.352 e. The van der Waals surface area contributed by atoms with E-state index in [4.69, 9.17) is 11.6 Å². The van der Waals surface area contributed by atoms with Crippen molar-refractivity contribution in [3.63, 3.8) is 0 Å². The molecule has 0 spiro atoms. The maximum absolute atomic E-state index is 12.8. The van der Waals surface area contributed by atoms with E-state index in [1.54, 1.807) is 0 Å². The van der Waals surface area contributed by atoms with Gasteiger partial charge in [-0.2, -0.15) is 0 Å². The van der Waals surface area contributed by atoms with Crippen molar-refractivity contribution in [2.75, 3.05) is 5.75 Å². The Kier molecular flexibility index (Phi) is 7.92. The Labute approximate surface area is 218 Å². The smallest absolute Gasteiger partial charge is 0.230 e. The van der Waals surface area contributed by atoms with Gasteiger partial charge in [-0.05, 0) is 53.5 Å². The van der Waals surface area contributed by atoms with Crippen LogP contribution in [-0.2, 0) is 10.2 Å². The van der Waals surface area contributed by atoms with Gasteiger partial charge < -0.3 is 5.32 Å². The van der Waals surface area contributed by atoms with Gasteiger partial charge in [-0.3, -0.25) is 9.36 Å². The first-order chi connectivity index (χ1) is 16.6. The molecular formula is C28H35ClN4OS. The van der Waals surface area contributed by atoms with Crippen LogP contribution in [-0.4, -0.2) is 32.5 Å². The number of hydrogen-bond donors (Lipinski definition) is 1. The summed E-state index contributed by atoms with van der Waals surface area (Å²) in [6.07, 6.45) is 3.47. The van der Waals surface area contributed by atoms with E-state index in [1.165, 1.54) is 30.2 Å². The molecule has 5 nitrogen and oxygen atoms in total. The van der Waals surface area contributed by atoms with E-state index in [1.807, 2.05) is 28.8 Å². The molecule has 0 unspecified atom stereocenters. The summed E-state index contributed by atoms with van der Waals surface area (Å²) in [7, 11) is 0. The predicted octanol–water partition coefficient (Wildman–Crippen LogP) is 6.92. The van der Waals surface area contributed by atoms with Crippen molar-refractivity contribution in [1.82, 2.24) is 20.1 Å². The normalized spacial score (nSPS) is 20.6. The molecule has 1 aromatic heterocycles. The summed E-state index contributed by atoms with van der Waals surface area (Å²) in [5.74, 6) is 2.22. The van der Waals surface area contributed by atoms with Crippen molar-refractivity contribution in [1.29, 1.82) is 0 Å². The van der Waals surface area contributed by atoms with Gasteiger partial charge in [0.1, 0.15) is 0 Å². The van der Waals surface area contributed by atoms with Crippen molar-refractivity contribution in [2.45, 2.75) is 70.5 Å². The Morgan fingerprint density at radius 1 is 1.06 bits per heavy atom. The lowest BCUT2D eigenvalue weighted by atomic mass is 9.78. The maximum Gasteiger partial charge on any atom is 0.230 e. The number of amides is 1. The number of benzene rings is 2. The molecule has 0 radical (unpaired) electrons. The van der Waals surface area contributed by atoms with Gasteiger partial charge in [0.15, 0.2) is 11.0 Å². The lowest BCUT2D eigenvalue weighted by molar-refractivity contribution is -0.120. The van der Waals surface area contributed by atoms with Gasteiger partial charge in [-0.1, -0.05) is 95.1 Å². The van der Waals surface area contributed by atoms with Crippen LogP contribution in [0.4, 0.5) is 0 Å². The summed E-state index contributed by atoms with van der Waals surface area (Å²) in [6, 6.07) is 16.3. The largest absolute Gasteiger partial charge is 0.352 e. The van der Waals surface area contributed by atoms with Gasteiger partial charge in [0.05, 0.1) is 5.75 Å². The Balaban J connectivity index is 1.57. The summed E-state index contributed by atoms with van der Waals surface area (Å²) in [4.78, 5) is 12.8. The molecule has 0 saturated heterocycles. The number of nitrogens with zero attached hydrogens (tertiary/aromatic N) is 3. The van der Waals surface area contributed by atoms with Crippen LogP contribution in [0.5, 0.6) is 0 Å². The minimum atomic E-state index is 0.0442. The highest BCUT2D eigenvalue weighted by molar-refractivity contribution is 7.99. The molecule has 1 aliphatic carbocycles. The van der Waals surface area contributed by atoms with Crippen LogP contribution < -0.4 is 5.32 Å². The Morgan fingerprint density at radius 3 is 2.40 bits per heavy atom. The van der Waals surface area contributed by atoms with Gasteiger partial charge in [0.25, 0.3) is 0 Å². The second kappa shape index (κ2) is 10.8. The molecule has 1 saturated carbocycles. The number of nitrogens with one attached hydrogen (secondary N) is 1. The number of aromatic nitrogens is 3. The number of carbonyl (C=O) groups is 1. The van der Waals surface area contributed by atoms with E-state index >= 15 is 0 Å². The zero-order valence-corrected chi connectivity index (χ0v) is 22.8. The van der Waals surface area contributed by atoms with Crippen molar-refractivity contribution in [3.8, 4) is 17.1 Å². The van der Waals surface area contributed by atoms with Crippen LogP contribution in [0.1, 0.15) is 59.4 Å². The molecule has 1 fully saturated rings. The number of rotatable bonds is 6. The lowest BCUT2D eigenvalue weighted by Gasteiger charge is -2.34. The first-order valence-electron chi connectivity index (χ1n) is 12.4. The van der Waals surface area contributed by atoms with Crippen LogP contribution in [0.2, 0.25) is 5.02 Å². The average molecular weight is 511 g/mol. The van der Waals surface area contributed by atoms with Crippen molar-refractivity contribution >= 4 is 29.3 Å². The summed E-state index contributed by atoms with van der Waals surface area (Å²) in [5.41, 5.74) is 3.22. The van der Waals surface area contributed by atoms with Gasteiger partial charge in [-0.15, -0.1) is 10.2 Å². The zero-order valence-electron chi connectivity index (χ0n) is 21.2. The van der Waals surface area contributed by atoms with Gasteiger partial charge in [-0.25, -0.2) is 0 Å². The predicted molar refractivity (Wildman–Crippen MR) is 145 cm³/mol. The molecule has 7 heteroatoms. The lowest BCUT2D eigenvalue weighted by Crippen LogP contribution is -2.44. The fourth-order valence-electron chi connectivity index (χ4n) is 4.66. The summed E-state index contributed by atoms with van der Waals surface area (Å²) in [5, 5.41) is 13.6. The summed E-state index contributed by atoms with van der Waals surface area (Å²) >= 11 is 7.56. The zero-order chi connectivity index (χ0) is 25.2. The van der Waals surface area contributed by atoms with E-state index in [0.717, 1.165) is 23.5 Å². The molecule has 1 amide bonds. The van der Waals surface area contributed by atoms with E-state index < -0.39 is 0 Å². The van der Waals surface area contributed by atoms with E-state index in [-0.39, 0.29) is 17.4 Å². The molecule has 0 bridgehead atoms. The van der Waals surface area contributed by atoms with Crippen molar-refractivity contribution < 1.29 is 4.79 Å². The summed E-state index contributed by atoms with van der Waals surface area (Å²) in [6.45, 7) is 11.1. The third-order valence-corrected chi connectivity index (χ3v) is 8.29. The second-order valence-electron chi connectivity index (χ2n) is 10.7.